The minimum absolute atomic E-state index is 0.0687. The third-order valence-electron chi connectivity index (χ3n) is 7.74. The molecule has 4 rings (SSSR count). The number of ether oxygens (including phenoxy) is 2. The summed E-state index contributed by atoms with van der Waals surface area (Å²) in [6.07, 6.45) is 1.05. The highest BCUT2D eigenvalue weighted by molar-refractivity contribution is 5.95. The zero-order chi connectivity index (χ0) is 32.2. The van der Waals surface area contributed by atoms with Crippen molar-refractivity contribution in [3.63, 3.8) is 0 Å². The number of urea groups is 1. The Balaban J connectivity index is 1.48. The first-order valence-electron chi connectivity index (χ1n) is 15.1. The molecule has 2 fully saturated rings. The van der Waals surface area contributed by atoms with Crippen LogP contribution in [-0.2, 0) is 41.5 Å². The van der Waals surface area contributed by atoms with Crippen LogP contribution in [0.5, 0.6) is 11.5 Å². The van der Waals surface area contributed by atoms with Gasteiger partial charge in [0.15, 0.2) is 11.6 Å². The van der Waals surface area contributed by atoms with Gasteiger partial charge >= 0.3 is 6.03 Å². The maximum Gasteiger partial charge on any atom is 0.318 e. The highest BCUT2D eigenvalue weighted by Gasteiger charge is 2.36. The lowest BCUT2D eigenvalue weighted by atomic mass is 9.97. The smallest absolute Gasteiger partial charge is 0.318 e. The van der Waals surface area contributed by atoms with E-state index in [4.69, 9.17) is 9.47 Å². The first-order valence-corrected chi connectivity index (χ1v) is 15.1. The molecule has 45 heavy (non-hydrogen) atoms. The van der Waals surface area contributed by atoms with Gasteiger partial charge in [-0.1, -0.05) is 24.3 Å². The Morgan fingerprint density at radius 2 is 1.33 bits per heavy atom. The van der Waals surface area contributed by atoms with Crippen LogP contribution in [0.2, 0.25) is 0 Å². The molecule has 2 aromatic carbocycles. The quantitative estimate of drug-likeness (QED) is 0.331. The van der Waals surface area contributed by atoms with E-state index in [1.54, 1.807) is 24.3 Å². The number of fused-ring (bicyclic) bond motifs is 1. The molecule has 0 aromatic heterocycles. The van der Waals surface area contributed by atoms with E-state index in [0.29, 0.717) is 30.5 Å². The molecule has 0 saturated carbocycles. The molecule has 13 heteroatoms. The molecule has 5 N–H and O–H groups in total. The van der Waals surface area contributed by atoms with Gasteiger partial charge in [-0.25, -0.2) is 4.79 Å². The lowest BCUT2D eigenvalue weighted by Gasteiger charge is -2.27. The fraction of sp³-hybridized carbons (Fsp3) is 0.469. The first-order chi connectivity index (χ1) is 21.7. The number of carbonyl (C=O) groups is 5. The Morgan fingerprint density at radius 3 is 2.00 bits per heavy atom. The molecule has 13 nitrogen and oxygen atoms in total. The number of hydrogen-bond donors (Lipinski definition) is 5. The molecule has 0 radical (unpaired) electrons. The molecule has 242 valence electrons. The molecule has 2 aliphatic heterocycles. The van der Waals surface area contributed by atoms with E-state index in [9.17, 15) is 34.2 Å². The number of amides is 4. The van der Waals surface area contributed by atoms with Crippen LogP contribution in [0, 0.1) is 0 Å². The normalized spacial score (nSPS) is 23.3. The lowest BCUT2D eigenvalue weighted by molar-refractivity contribution is -0.131. The summed E-state index contributed by atoms with van der Waals surface area (Å²) in [4.78, 5) is 67.2. The van der Waals surface area contributed by atoms with Crippen molar-refractivity contribution in [1.29, 1.82) is 0 Å². The summed E-state index contributed by atoms with van der Waals surface area (Å²) in [6, 6.07) is 9.37. The second-order valence-electron chi connectivity index (χ2n) is 11.1. The third kappa shape index (κ3) is 10.3. The van der Waals surface area contributed by atoms with Crippen LogP contribution in [-0.4, -0.2) is 102 Å². The first kappa shape index (κ1) is 33.4. The molecule has 1 unspecified atom stereocenters. The minimum atomic E-state index is -0.963. The molecule has 0 spiro atoms. The van der Waals surface area contributed by atoms with E-state index >= 15 is 0 Å². The van der Waals surface area contributed by atoms with Gasteiger partial charge in [-0.2, -0.15) is 0 Å². The fourth-order valence-electron chi connectivity index (χ4n) is 5.34. The number of phenolic OH excluding ortho intramolecular Hbond substituents is 2. The Hall–Kier alpha value is -4.49. The van der Waals surface area contributed by atoms with Crippen molar-refractivity contribution in [1.82, 2.24) is 20.9 Å². The van der Waals surface area contributed by atoms with Crippen molar-refractivity contribution in [3.8, 4) is 11.5 Å². The number of Topliss-reactive ketones (excluding diaryl/α,β-unsaturated/α-hetero) is 2. The standard InChI is InChI=1S/C32H40N4O9/c37-23-7-3-21(4-8-23)18-25-28(39)11-12-29(40)27-2-1-14-36(27)32(43)35-26(19-22-5-9-24(38)10-6-22)31(42)33-13-15-44-16-17-45-20-30(41)34-25/h3-10,25-27,37-38H,1-2,11-20H2,(H,33,42)(H,34,41)(H,35,43)/t25-,26-,27?/m0/s1. The maximum absolute atomic E-state index is 13.4. The van der Waals surface area contributed by atoms with Gasteiger partial charge in [0.2, 0.25) is 11.8 Å². The summed E-state index contributed by atoms with van der Waals surface area (Å²) in [7, 11) is 0. The molecule has 2 saturated heterocycles. The largest absolute Gasteiger partial charge is 0.508 e. The fourth-order valence-corrected chi connectivity index (χ4v) is 5.34. The van der Waals surface area contributed by atoms with E-state index in [0.717, 1.165) is 0 Å². The van der Waals surface area contributed by atoms with E-state index in [-0.39, 0.29) is 81.7 Å². The highest BCUT2D eigenvalue weighted by atomic mass is 16.5. The number of ketones is 2. The van der Waals surface area contributed by atoms with Crippen molar-refractivity contribution in [2.75, 3.05) is 39.5 Å². The van der Waals surface area contributed by atoms with Crippen LogP contribution in [0.1, 0.15) is 36.8 Å². The SMILES string of the molecule is O=C1COCCOCCNC(=O)[C@H](Cc2ccc(O)cc2)NC(=O)N2CCCC2C(=O)CCC(=O)[C@H](Cc2ccc(O)cc2)N1. The predicted octanol–water partition coefficient (Wildman–Crippen LogP) is 0.992. The molecule has 2 aliphatic rings. The van der Waals surface area contributed by atoms with E-state index < -0.39 is 36.0 Å². The summed E-state index contributed by atoms with van der Waals surface area (Å²) in [5.74, 6) is -1.43. The van der Waals surface area contributed by atoms with Gasteiger partial charge in [0.25, 0.3) is 0 Å². The van der Waals surface area contributed by atoms with E-state index in [1.807, 2.05) is 0 Å². The number of nitrogens with zero attached hydrogens (tertiary/aromatic N) is 1. The topological polar surface area (TPSA) is 184 Å². The highest BCUT2D eigenvalue weighted by Crippen LogP contribution is 2.21. The number of phenols is 2. The Bertz CT molecular complexity index is 1330. The maximum atomic E-state index is 13.4. The molecule has 2 heterocycles. The molecule has 2 aromatic rings. The number of benzene rings is 2. The Labute approximate surface area is 261 Å². The monoisotopic (exact) mass is 624 g/mol. The molecular formula is C32H40N4O9. The van der Waals surface area contributed by atoms with Crippen molar-refractivity contribution in [3.05, 3.63) is 59.7 Å². The summed E-state index contributed by atoms with van der Waals surface area (Å²) in [5, 5.41) is 27.5. The van der Waals surface area contributed by atoms with Crippen LogP contribution in [0.15, 0.2) is 48.5 Å². The van der Waals surface area contributed by atoms with Crippen LogP contribution in [0.3, 0.4) is 0 Å². The lowest BCUT2D eigenvalue weighted by Crippen LogP contribution is -2.54. The Morgan fingerprint density at radius 1 is 0.733 bits per heavy atom. The van der Waals surface area contributed by atoms with Crippen molar-refractivity contribution in [2.24, 2.45) is 0 Å². The zero-order valence-electron chi connectivity index (χ0n) is 25.0. The average molecular weight is 625 g/mol. The van der Waals surface area contributed by atoms with Crippen molar-refractivity contribution >= 4 is 29.4 Å². The molecular weight excluding hydrogens is 584 g/mol. The van der Waals surface area contributed by atoms with Crippen LogP contribution < -0.4 is 16.0 Å². The van der Waals surface area contributed by atoms with Gasteiger partial charge in [-0.15, -0.1) is 0 Å². The van der Waals surface area contributed by atoms with Crippen LogP contribution in [0.25, 0.3) is 0 Å². The van der Waals surface area contributed by atoms with Gasteiger partial charge in [-0.3, -0.25) is 19.2 Å². The summed E-state index contributed by atoms with van der Waals surface area (Å²) >= 11 is 0. The number of hydrogen-bond acceptors (Lipinski definition) is 9. The van der Waals surface area contributed by atoms with Gasteiger partial charge in [0.05, 0.1) is 31.9 Å². The van der Waals surface area contributed by atoms with Gasteiger partial charge < -0.3 is 40.5 Å². The summed E-state index contributed by atoms with van der Waals surface area (Å²) in [5.41, 5.74) is 1.42. The van der Waals surface area contributed by atoms with E-state index in [2.05, 4.69) is 16.0 Å². The van der Waals surface area contributed by atoms with Gasteiger partial charge in [0, 0.05) is 32.4 Å². The molecule has 0 aliphatic carbocycles. The third-order valence-corrected chi connectivity index (χ3v) is 7.74. The van der Waals surface area contributed by atoms with Crippen molar-refractivity contribution < 1.29 is 43.7 Å². The number of aromatic hydroxyl groups is 2. The summed E-state index contributed by atoms with van der Waals surface area (Å²) in [6.45, 7) is 0.591. The molecule has 3 atom stereocenters. The summed E-state index contributed by atoms with van der Waals surface area (Å²) < 4.78 is 10.9. The molecule has 0 bridgehead atoms. The predicted molar refractivity (Wildman–Crippen MR) is 161 cm³/mol. The van der Waals surface area contributed by atoms with Crippen molar-refractivity contribution in [2.45, 2.75) is 56.7 Å². The van der Waals surface area contributed by atoms with E-state index in [1.165, 1.54) is 29.2 Å². The average Bonchev–Trinajstić information content (AvgIpc) is 3.52. The second-order valence-corrected chi connectivity index (χ2v) is 11.1. The Kier molecular flexibility index (Phi) is 12.3. The number of carbonyl (C=O) groups excluding carboxylic acids is 5. The minimum Gasteiger partial charge on any atom is -0.508 e. The second kappa shape index (κ2) is 16.5. The molecule has 4 amide bonds. The number of nitrogens with one attached hydrogen (secondary N) is 3. The number of rotatable bonds is 4. The van der Waals surface area contributed by atoms with Gasteiger partial charge in [-0.05, 0) is 54.7 Å². The zero-order valence-corrected chi connectivity index (χ0v) is 25.0. The van der Waals surface area contributed by atoms with Crippen LogP contribution in [0.4, 0.5) is 4.79 Å². The van der Waals surface area contributed by atoms with Crippen LogP contribution >= 0.6 is 0 Å². The van der Waals surface area contributed by atoms with Gasteiger partial charge in [0.1, 0.15) is 24.1 Å².